The molecule has 0 atom stereocenters. The standard InChI is InChI=1S/C55H28O/c56-55-38-18-8-7-17-32(38)33-21-22-34-35-23-26-41-50-42(27-24-36(48(35)50)37-25-28-43(55)49(33)47(34)37)54-46(31-13-5-2-6-14-31)52-40-20-10-16-29-15-9-19-39(44(29)40)51(52)45(53(41)54)30-11-3-1-4-12-30/h1-28H. The van der Waals surface area contributed by atoms with Crippen LogP contribution >= 0.6 is 0 Å². The van der Waals surface area contributed by atoms with E-state index in [1.165, 1.54) is 114 Å². The van der Waals surface area contributed by atoms with Crippen LogP contribution in [-0.2, 0) is 0 Å². The van der Waals surface area contributed by atoms with Crippen molar-refractivity contribution in [1.82, 2.24) is 0 Å². The van der Waals surface area contributed by atoms with Gasteiger partial charge in [0.05, 0.1) is 0 Å². The number of rotatable bonds is 2. The molecule has 14 rings (SSSR count). The van der Waals surface area contributed by atoms with Crippen molar-refractivity contribution < 1.29 is 4.79 Å². The average molecular weight is 705 g/mol. The number of carbonyl (C=O) groups excluding carboxylic acids is 1. The number of ketones is 1. The Morgan fingerprint density at radius 1 is 0.232 bits per heavy atom. The van der Waals surface area contributed by atoms with Crippen molar-refractivity contribution in [1.29, 1.82) is 0 Å². The highest BCUT2D eigenvalue weighted by Crippen LogP contribution is 2.57. The Kier molecular flexibility index (Phi) is 5.21. The summed E-state index contributed by atoms with van der Waals surface area (Å²) in [5.41, 5.74) is 8.83. The third-order valence-corrected chi connectivity index (χ3v) is 13.2. The molecule has 0 saturated heterocycles. The Balaban J connectivity index is 1.25. The monoisotopic (exact) mass is 704 g/mol. The molecule has 0 amide bonds. The van der Waals surface area contributed by atoms with Crippen LogP contribution in [0.4, 0.5) is 0 Å². The molecule has 0 radical (unpaired) electrons. The molecule has 0 unspecified atom stereocenters. The molecule has 1 aliphatic rings. The van der Waals surface area contributed by atoms with Crippen molar-refractivity contribution >= 4 is 103 Å². The third kappa shape index (κ3) is 3.30. The Morgan fingerprint density at radius 3 is 1.20 bits per heavy atom. The van der Waals surface area contributed by atoms with Gasteiger partial charge < -0.3 is 0 Å². The molecule has 13 aromatic carbocycles. The minimum absolute atomic E-state index is 0.110. The van der Waals surface area contributed by atoms with E-state index in [9.17, 15) is 4.79 Å². The van der Waals surface area contributed by atoms with E-state index >= 15 is 0 Å². The summed E-state index contributed by atoms with van der Waals surface area (Å²) in [7, 11) is 0. The summed E-state index contributed by atoms with van der Waals surface area (Å²) in [6.07, 6.45) is 0. The maximum absolute atomic E-state index is 14.0. The van der Waals surface area contributed by atoms with Crippen molar-refractivity contribution in [3.05, 3.63) is 181 Å². The minimum Gasteiger partial charge on any atom is -0.289 e. The lowest BCUT2D eigenvalue weighted by Crippen LogP contribution is -2.10. The van der Waals surface area contributed by atoms with Crippen LogP contribution in [0.1, 0.15) is 15.9 Å². The molecule has 0 fully saturated rings. The van der Waals surface area contributed by atoms with Gasteiger partial charge in [0.2, 0.25) is 0 Å². The number of carbonyl (C=O) groups is 1. The Morgan fingerprint density at radius 2 is 0.643 bits per heavy atom. The van der Waals surface area contributed by atoms with Gasteiger partial charge in [0.1, 0.15) is 0 Å². The summed E-state index contributed by atoms with van der Waals surface area (Å²) in [5.74, 6) is 0.110. The van der Waals surface area contributed by atoms with Crippen molar-refractivity contribution in [2.24, 2.45) is 0 Å². The molecule has 0 heterocycles. The lowest BCUT2D eigenvalue weighted by Gasteiger charge is -2.23. The van der Waals surface area contributed by atoms with E-state index in [1.807, 2.05) is 18.2 Å². The number of fused-ring (bicyclic) bond motifs is 10. The topological polar surface area (TPSA) is 17.1 Å². The summed E-state index contributed by atoms with van der Waals surface area (Å²) >= 11 is 0. The molecule has 0 aromatic heterocycles. The van der Waals surface area contributed by atoms with Crippen LogP contribution in [0.5, 0.6) is 0 Å². The van der Waals surface area contributed by atoms with Crippen molar-refractivity contribution in [3.8, 4) is 33.4 Å². The summed E-state index contributed by atoms with van der Waals surface area (Å²) < 4.78 is 0. The lowest BCUT2D eigenvalue weighted by molar-refractivity contribution is 0.104. The Bertz CT molecular complexity index is 3680. The van der Waals surface area contributed by atoms with Crippen LogP contribution < -0.4 is 0 Å². The van der Waals surface area contributed by atoms with Gasteiger partial charge in [-0.25, -0.2) is 0 Å². The first kappa shape index (κ1) is 29.1. The third-order valence-electron chi connectivity index (χ3n) is 13.2. The van der Waals surface area contributed by atoms with Crippen molar-refractivity contribution in [2.75, 3.05) is 0 Å². The van der Waals surface area contributed by atoms with Gasteiger partial charge >= 0.3 is 0 Å². The summed E-state index contributed by atoms with van der Waals surface area (Å²) in [6, 6.07) is 62.2. The second-order valence-corrected chi connectivity index (χ2v) is 15.7. The van der Waals surface area contributed by atoms with Gasteiger partial charge in [0.15, 0.2) is 5.78 Å². The lowest BCUT2D eigenvalue weighted by atomic mass is 9.79. The smallest absolute Gasteiger partial charge is 0.194 e. The van der Waals surface area contributed by atoms with Gasteiger partial charge in [-0.15, -0.1) is 0 Å². The van der Waals surface area contributed by atoms with E-state index < -0.39 is 0 Å². The van der Waals surface area contributed by atoms with Crippen LogP contribution in [0.15, 0.2) is 170 Å². The zero-order chi connectivity index (χ0) is 36.4. The fourth-order valence-electron chi connectivity index (χ4n) is 11.2. The molecule has 13 aromatic rings. The first-order valence-electron chi connectivity index (χ1n) is 19.5. The highest BCUT2D eigenvalue weighted by Gasteiger charge is 2.30. The van der Waals surface area contributed by atoms with E-state index in [4.69, 9.17) is 0 Å². The van der Waals surface area contributed by atoms with E-state index in [0.717, 1.165) is 27.6 Å². The number of benzene rings is 11. The molecule has 0 N–H and O–H groups in total. The number of hydrogen-bond donors (Lipinski definition) is 0. The van der Waals surface area contributed by atoms with E-state index in [1.54, 1.807) is 0 Å². The molecule has 56 heavy (non-hydrogen) atoms. The molecule has 0 saturated carbocycles. The predicted molar refractivity (Wildman–Crippen MR) is 237 cm³/mol. The molecule has 1 nitrogen and oxygen atoms in total. The maximum Gasteiger partial charge on any atom is 0.194 e. The molecule has 0 bridgehead atoms. The zero-order valence-corrected chi connectivity index (χ0v) is 30.1. The van der Waals surface area contributed by atoms with Gasteiger partial charge in [-0.1, -0.05) is 164 Å². The van der Waals surface area contributed by atoms with Gasteiger partial charge in [-0.3, -0.25) is 4.79 Å². The van der Waals surface area contributed by atoms with Crippen LogP contribution in [0.3, 0.4) is 0 Å². The Labute approximate surface area is 320 Å². The number of hydrogen-bond acceptors (Lipinski definition) is 1. The minimum atomic E-state index is 0.110. The second-order valence-electron chi connectivity index (χ2n) is 15.7. The van der Waals surface area contributed by atoms with Crippen molar-refractivity contribution in [3.63, 3.8) is 0 Å². The molecular formula is C55H28O. The van der Waals surface area contributed by atoms with Crippen LogP contribution in [0.2, 0.25) is 0 Å². The van der Waals surface area contributed by atoms with E-state index in [-0.39, 0.29) is 5.78 Å². The first-order valence-corrected chi connectivity index (χ1v) is 19.5. The molecule has 1 heteroatoms. The Hall–Kier alpha value is -7.35. The van der Waals surface area contributed by atoms with E-state index in [0.29, 0.717) is 0 Å². The van der Waals surface area contributed by atoms with Crippen molar-refractivity contribution in [2.45, 2.75) is 0 Å². The normalized spacial score (nSPS) is 13.0. The fraction of sp³-hybridized carbons (Fsp3) is 0. The molecule has 0 aliphatic heterocycles. The molecule has 0 spiro atoms. The van der Waals surface area contributed by atoms with Crippen LogP contribution in [0.25, 0.3) is 130 Å². The van der Waals surface area contributed by atoms with E-state index in [2.05, 4.69) is 152 Å². The average Bonchev–Trinajstić information content (AvgIpc) is 3.77. The molecule has 1 aliphatic carbocycles. The quantitative estimate of drug-likeness (QED) is 0.129. The van der Waals surface area contributed by atoms with Gasteiger partial charge in [-0.2, -0.15) is 0 Å². The first-order chi connectivity index (χ1) is 27.8. The highest BCUT2D eigenvalue weighted by atomic mass is 16.1. The summed E-state index contributed by atoms with van der Waals surface area (Å²) in [4.78, 5) is 14.0. The van der Waals surface area contributed by atoms with Crippen LogP contribution in [0, 0.1) is 0 Å². The largest absolute Gasteiger partial charge is 0.289 e. The molecule has 254 valence electrons. The SMILES string of the molecule is O=C1c2ccccc2-c2ccc3c4ccc5c6c(-c7ccccc7)c7c8cccc9cccc(c7c(-c7ccccc7)c6c6ccc(c7ccc1c2c73)c4c65)c98. The maximum atomic E-state index is 14.0. The molecular weight excluding hydrogens is 677 g/mol. The van der Waals surface area contributed by atoms with Gasteiger partial charge in [-0.05, 0) is 131 Å². The highest BCUT2D eigenvalue weighted by molar-refractivity contribution is 6.50. The van der Waals surface area contributed by atoms with Crippen LogP contribution in [-0.4, -0.2) is 5.78 Å². The predicted octanol–water partition coefficient (Wildman–Crippen LogP) is 14.9. The summed E-state index contributed by atoms with van der Waals surface area (Å²) in [6.45, 7) is 0. The van der Waals surface area contributed by atoms with Gasteiger partial charge in [0, 0.05) is 16.5 Å². The van der Waals surface area contributed by atoms with Gasteiger partial charge in [0.25, 0.3) is 0 Å². The summed E-state index contributed by atoms with van der Waals surface area (Å²) in [5, 5.41) is 22.9. The second kappa shape index (κ2) is 10.0. The fourth-order valence-corrected chi connectivity index (χ4v) is 11.2. The zero-order valence-electron chi connectivity index (χ0n) is 30.1.